The number of carbonyl (C=O) groups is 2. The van der Waals surface area contributed by atoms with E-state index in [0.29, 0.717) is 5.56 Å². The molecule has 3 aromatic carbocycles. The number of hydrogen-bond acceptors (Lipinski definition) is 4. The van der Waals surface area contributed by atoms with E-state index in [2.05, 4.69) is 27.7 Å². The van der Waals surface area contributed by atoms with Gasteiger partial charge in [0, 0.05) is 60.6 Å². The van der Waals surface area contributed by atoms with Gasteiger partial charge in [0.15, 0.2) is 0 Å². The minimum atomic E-state index is -0.125. The van der Waals surface area contributed by atoms with Gasteiger partial charge in [-0.3, -0.25) is 9.59 Å². The van der Waals surface area contributed by atoms with Crippen molar-refractivity contribution < 1.29 is 9.59 Å². The zero-order valence-electron chi connectivity index (χ0n) is 19.0. The van der Waals surface area contributed by atoms with Crippen LogP contribution in [0, 0.1) is 5.92 Å². The third-order valence-electron chi connectivity index (χ3n) is 6.27. The number of anilines is 5. The van der Waals surface area contributed by atoms with Crippen LogP contribution in [0.25, 0.3) is 0 Å². The summed E-state index contributed by atoms with van der Waals surface area (Å²) in [4.78, 5) is 28.9. The van der Waals surface area contributed by atoms with Crippen molar-refractivity contribution in [3.05, 3.63) is 77.9 Å². The molecule has 0 atom stereocenters. The summed E-state index contributed by atoms with van der Waals surface area (Å²) in [6.07, 6.45) is 2.94. The highest BCUT2D eigenvalue weighted by molar-refractivity contribution is 6.04. The van der Waals surface area contributed by atoms with Gasteiger partial charge in [-0.15, -0.1) is 0 Å². The SMILES string of the molecule is CN(C)c1ccc(C(=O)Nc2ccc(N3CCc4cc(NC(=O)C5CC5)ccc43)cc2)cc1. The van der Waals surface area contributed by atoms with E-state index in [9.17, 15) is 9.59 Å². The third-order valence-corrected chi connectivity index (χ3v) is 6.27. The fraction of sp³-hybridized carbons (Fsp3) is 0.259. The van der Waals surface area contributed by atoms with Crippen molar-refractivity contribution in [1.29, 1.82) is 0 Å². The first-order valence-corrected chi connectivity index (χ1v) is 11.4. The Hall–Kier alpha value is -3.80. The second kappa shape index (κ2) is 8.62. The van der Waals surface area contributed by atoms with Gasteiger partial charge in [-0.1, -0.05) is 0 Å². The van der Waals surface area contributed by atoms with Crippen LogP contribution in [0.1, 0.15) is 28.8 Å². The van der Waals surface area contributed by atoms with E-state index in [4.69, 9.17) is 0 Å². The van der Waals surface area contributed by atoms with E-state index in [1.54, 1.807) is 0 Å². The molecule has 1 aliphatic carbocycles. The van der Waals surface area contributed by atoms with E-state index in [1.165, 1.54) is 5.56 Å². The number of nitrogens with zero attached hydrogens (tertiary/aromatic N) is 2. The number of fused-ring (bicyclic) bond motifs is 1. The minimum Gasteiger partial charge on any atom is -0.378 e. The Balaban J connectivity index is 1.24. The number of benzene rings is 3. The van der Waals surface area contributed by atoms with Crippen molar-refractivity contribution in [2.75, 3.05) is 41.1 Å². The fourth-order valence-electron chi connectivity index (χ4n) is 4.18. The van der Waals surface area contributed by atoms with Crippen LogP contribution in [-0.4, -0.2) is 32.5 Å². The summed E-state index contributed by atoms with van der Waals surface area (Å²) < 4.78 is 0. The van der Waals surface area contributed by atoms with Gasteiger partial charge in [0.1, 0.15) is 0 Å². The molecule has 1 fully saturated rings. The second-order valence-electron chi connectivity index (χ2n) is 8.95. The first-order chi connectivity index (χ1) is 16.0. The van der Waals surface area contributed by atoms with Crippen LogP contribution in [0.15, 0.2) is 66.7 Å². The van der Waals surface area contributed by atoms with Crippen molar-refractivity contribution in [1.82, 2.24) is 0 Å². The standard InChI is InChI=1S/C27H28N4O2/c1-30(2)23-10-5-19(6-11-23)26(32)28-21-7-12-24(13-8-21)31-16-15-20-17-22(9-14-25(20)31)29-27(33)18-3-4-18/h5-14,17-18H,3-4,15-16H2,1-2H3,(H,28,32)(H,29,33). The number of carbonyl (C=O) groups excluding carboxylic acids is 2. The van der Waals surface area contributed by atoms with Crippen LogP contribution in [-0.2, 0) is 11.2 Å². The van der Waals surface area contributed by atoms with E-state index in [1.807, 2.05) is 73.6 Å². The molecule has 1 heterocycles. The van der Waals surface area contributed by atoms with Gasteiger partial charge >= 0.3 is 0 Å². The van der Waals surface area contributed by atoms with Gasteiger partial charge in [-0.25, -0.2) is 0 Å². The van der Waals surface area contributed by atoms with Crippen LogP contribution < -0.4 is 20.4 Å². The zero-order valence-corrected chi connectivity index (χ0v) is 19.0. The van der Waals surface area contributed by atoms with Crippen molar-refractivity contribution >= 4 is 40.3 Å². The van der Waals surface area contributed by atoms with Gasteiger partial charge in [-0.2, -0.15) is 0 Å². The Morgan fingerprint density at radius 2 is 1.58 bits per heavy atom. The molecule has 0 spiro atoms. The van der Waals surface area contributed by atoms with E-state index in [0.717, 1.165) is 54.2 Å². The lowest BCUT2D eigenvalue weighted by Crippen LogP contribution is -2.15. The lowest BCUT2D eigenvalue weighted by molar-refractivity contribution is -0.117. The van der Waals surface area contributed by atoms with E-state index >= 15 is 0 Å². The normalized spacial score (nSPS) is 14.5. The molecule has 168 valence electrons. The molecular weight excluding hydrogens is 412 g/mol. The molecule has 0 unspecified atom stereocenters. The Bertz CT molecular complexity index is 1180. The largest absolute Gasteiger partial charge is 0.378 e. The molecular formula is C27H28N4O2. The predicted molar refractivity (Wildman–Crippen MR) is 134 cm³/mol. The van der Waals surface area contributed by atoms with Crippen LogP contribution in [0.3, 0.4) is 0 Å². The molecule has 0 aromatic heterocycles. The molecule has 6 heteroatoms. The van der Waals surface area contributed by atoms with Crippen molar-refractivity contribution in [2.45, 2.75) is 19.3 Å². The Morgan fingerprint density at radius 3 is 2.24 bits per heavy atom. The summed E-state index contributed by atoms with van der Waals surface area (Å²) in [6.45, 7) is 0.888. The van der Waals surface area contributed by atoms with E-state index < -0.39 is 0 Å². The first-order valence-electron chi connectivity index (χ1n) is 11.4. The average molecular weight is 441 g/mol. The third kappa shape index (κ3) is 4.55. The predicted octanol–water partition coefficient (Wildman–Crippen LogP) is 5.05. The molecule has 0 saturated heterocycles. The molecule has 33 heavy (non-hydrogen) atoms. The lowest BCUT2D eigenvalue weighted by atomic mass is 10.1. The highest BCUT2D eigenvalue weighted by atomic mass is 16.2. The molecule has 0 bridgehead atoms. The van der Waals surface area contributed by atoms with Crippen molar-refractivity contribution in [2.24, 2.45) is 5.92 Å². The van der Waals surface area contributed by atoms with Gasteiger partial charge < -0.3 is 20.4 Å². The van der Waals surface area contributed by atoms with Crippen LogP contribution >= 0.6 is 0 Å². The Kier molecular flexibility index (Phi) is 5.50. The smallest absolute Gasteiger partial charge is 0.255 e. The number of rotatable bonds is 6. The second-order valence-corrected chi connectivity index (χ2v) is 8.95. The first kappa shape index (κ1) is 21.1. The number of hydrogen-bond donors (Lipinski definition) is 2. The summed E-state index contributed by atoms with van der Waals surface area (Å²) in [5.74, 6) is 0.211. The van der Waals surface area contributed by atoms with Gasteiger partial charge in [0.25, 0.3) is 5.91 Å². The zero-order chi connectivity index (χ0) is 22.9. The molecule has 2 amide bonds. The van der Waals surface area contributed by atoms with E-state index in [-0.39, 0.29) is 17.7 Å². The van der Waals surface area contributed by atoms with Gasteiger partial charge in [0.2, 0.25) is 5.91 Å². The molecule has 5 rings (SSSR count). The monoisotopic (exact) mass is 440 g/mol. The summed E-state index contributed by atoms with van der Waals surface area (Å²) in [5.41, 5.74) is 6.81. The molecule has 2 aliphatic rings. The topological polar surface area (TPSA) is 64.7 Å². The summed E-state index contributed by atoms with van der Waals surface area (Å²) in [6, 6.07) is 21.6. The van der Waals surface area contributed by atoms with Gasteiger partial charge in [0.05, 0.1) is 0 Å². The molecule has 3 aromatic rings. The molecule has 0 radical (unpaired) electrons. The fourth-order valence-corrected chi connectivity index (χ4v) is 4.18. The highest BCUT2D eigenvalue weighted by Gasteiger charge is 2.30. The molecule has 1 aliphatic heterocycles. The Morgan fingerprint density at radius 1 is 0.879 bits per heavy atom. The maximum absolute atomic E-state index is 12.6. The maximum atomic E-state index is 12.6. The summed E-state index contributed by atoms with van der Waals surface area (Å²) in [5, 5.41) is 6.01. The number of amides is 2. The van der Waals surface area contributed by atoms with Crippen LogP contribution in [0.2, 0.25) is 0 Å². The minimum absolute atomic E-state index is 0.125. The molecule has 1 saturated carbocycles. The lowest BCUT2D eigenvalue weighted by Gasteiger charge is -2.20. The quantitative estimate of drug-likeness (QED) is 0.563. The van der Waals surface area contributed by atoms with Crippen molar-refractivity contribution in [3.8, 4) is 0 Å². The van der Waals surface area contributed by atoms with Crippen LogP contribution in [0.5, 0.6) is 0 Å². The van der Waals surface area contributed by atoms with Gasteiger partial charge in [-0.05, 0) is 91.6 Å². The van der Waals surface area contributed by atoms with Crippen LogP contribution in [0.4, 0.5) is 28.4 Å². The summed E-state index contributed by atoms with van der Waals surface area (Å²) >= 11 is 0. The molecule has 2 N–H and O–H groups in total. The highest BCUT2D eigenvalue weighted by Crippen LogP contribution is 2.37. The Labute approximate surface area is 194 Å². The average Bonchev–Trinajstić information content (AvgIpc) is 3.60. The number of nitrogens with one attached hydrogen (secondary N) is 2. The summed E-state index contributed by atoms with van der Waals surface area (Å²) in [7, 11) is 3.95. The molecule has 6 nitrogen and oxygen atoms in total. The van der Waals surface area contributed by atoms with Crippen molar-refractivity contribution in [3.63, 3.8) is 0 Å². The maximum Gasteiger partial charge on any atom is 0.255 e.